The molecule has 0 radical (unpaired) electrons. The number of nitrogens with zero attached hydrogens (tertiary/aromatic N) is 1. The van der Waals surface area contributed by atoms with Gasteiger partial charge in [-0.25, -0.2) is 0 Å². The molecule has 0 aromatic heterocycles. The Bertz CT molecular complexity index is 259. The number of rotatable bonds is 6. The van der Waals surface area contributed by atoms with Crippen molar-refractivity contribution in [1.29, 1.82) is 0 Å². The molecule has 4 nitrogen and oxygen atoms in total. The first-order valence-corrected chi connectivity index (χ1v) is 7.11. The number of aliphatic carboxylic acids is 1. The lowest BCUT2D eigenvalue weighted by molar-refractivity contribution is -0.141. The number of piperidine rings is 1. The van der Waals surface area contributed by atoms with Crippen LogP contribution in [0.1, 0.15) is 40.5 Å². The second-order valence-corrected chi connectivity index (χ2v) is 6.20. The van der Waals surface area contributed by atoms with Crippen LogP contribution in [0.25, 0.3) is 0 Å². The van der Waals surface area contributed by atoms with Gasteiger partial charge in [0.1, 0.15) is 6.04 Å². The first-order chi connectivity index (χ1) is 8.40. The summed E-state index contributed by atoms with van der Waals surface area (Å²) in [5.74, 6) is 0.114. The van der Waals surface area contributed by atoms with Crippen LogP contribution in [0.2, 0.25) is 0 Å². The maximum absolute atomic E-state index is 11.2. The molecule has 0 amide bonds. The highest BCUT2D eigenvalue weighted by atomic mass is 16.4. The van der Waals surface area contributed by atoms with Crippen molar-refractivity contribution in [3.05, 3.63) is 0 Å². The van der Waals surface area contributed by atoms with Crippen LogP contribution in [0.15, 0.2) is 0 Å². The van der Waals surface area contributed by atoms with Gasteiger partial charge in [0, 0.05) is 12.6 Å². The van der Waals surface area contributed by atoms with Crippen molar-refractivity contribution < 1.29 is 9.90 Å². The van der Waals surface area contributed by atoms with E-state index >= 15 is 0 Å². The molecule has 106 valence electrons. The second kappa shape index (κ2) is 7.10. The quantitative estimate of drug-likeness (QED) is 0.761. The Hall–Kier alpha value is -0.610. The fourth-order valence-electron chi connectivity index (χ4n) is 2.60. The summed E-state index contributed by atoms with van der Waals surface area (Å²) in [5, 5.41) is 12.5. The number of carboxylic acids is 1. The van der Waals surface area contributed by atoms with E-state index in [4.69, 9.17) is 0 Å². The molecule has 1 rings (SSSR count). The van der Waals surface area contributed by atoms with Crippen LogP contribution in [0.5, 0.6) is 0 Å². The zero-order valence-electron chi connectivity index (χ0n) is 12.1. The third-order valence-electron chi connectivity index (χ3n) is 3.56. The molecule has 0 spiro atoms. The Labute approximate surface area is 111 Å². The molecule has 0 aromatic carbocycles. The summed E-state index contributed by atoms with van der Waals surface area (Å²) in [6, 6.07) is -0.0523. The molecule has 0 saturated carbocycles. The maximum Gasteiger partial charge on any atom is 0.320 e. The molecule has 2 N–H and O–H groups in total. The molecule has 1 atom stereocenters. The largest absolute Gasteiger partial charge is 0.480 e. The molecule has 1 aliphatic rings. The van der Waals surface area contributed by atoms with Crippen molar-refractivity contribution in [3.8, 4) is 0 Å². The molecule has 1 fully saturated rings. The Balaban J connectivity index is 2.36. The topological polar surface area (TPSA) is 52.6 Å². The molecular formula is C14H28N2O2. The van der Waals surface area contributed by atoms with Gasteiger partial charge in [-0.3, -0.25) is 4.79 Å². The third kappa shape index (κ3) is 4.94. The summed E-state index contributed by atoms with van der Waals surface area (Å²) in [5.41, 5.74) is 0. The van der Waals surface area contributed by atoms with Gasteiger partial charge >= 0.3 is 5.97 Å². The maximum atomic E-state index is 11.2. The molecule has 1 saturated heterocycles. The van der Waals surface area contributed by atoms with E-state index in [0.717, 1.165) is 32.5 Å². The average molecular weight is 256 g/mol. The van der Waals surface area contributed by atoms with Gasteiger partial charge in [0.25, 0.3) is 0 Å². The Morgan fingerprint density at radius 2 is 1.83 bits per heavy atom. The smallest absolute Gasteiger partial charge is 0.320 e. The fraction of sp³-hybridized carbons (Fsp3) is 0.929. The average Bonchev–Trinajstić information content (AvgIpc) is 2.26. The lowest BCUT2D eigenvalue weighted by atomic mass is 9.99. The highest BCUT2D eigenvalue weighted by Gasteiger charge is 2.27. The van der Waals surface area contributed by atoms with Gasteiger partial charge in [0.2, 0.25) is 0 Å². The zero-order chi connectivity index (χ0) is 13.7. The molecule has 18 heavy (non-hydrogen) atoms. The van der Waals surface area contributed by atoms with E-state index in [1.165, 1.54) is 0 Å². The first-order valence-electron chi connectivity index (χ1n) is 7.11. The molecule has 0 aliphatic carbocycles. The second-order valence-electron chi connectivity index (χ2n) is 6.20. The van der Waals surface area contributed by atoms with Crippen molar-refractivity contribution >= 4 is 5.97 Å². The SMILES string of the molecule is CC(C)CN1CCC(NC(C(=O)O)C(C)C)CC1. The number of hydrogen-bond donors (Lipinski definition) is 2. The molecular weight excluding hydrogens is 228 g/mol. The van der Waals surface area contributed by atoms with Crippen molar-refractivity contribution in [2.24, 2.45) is 11.8 Å². The summed E-state index contributed by atoms with van der Waals surface area (Å²) in [7, 11) is 0. The lowest BCUT2D eigenvalue weighted by Gasteiger charge is -2.35. The number of carbonyl (C=O) groups is 1. The molecule has 1 heterocycles. The van der Waals surface area contributed by atoms with Gasteiger partial charge in [0.05, 0.1) is 0 Å². The Morgan fingerprint density at radius 1 is 1.28 bits per heavy atom. The highest BCUT2D eigenvalue weighted by Crippen LogP contribution is 2.14. The van der Waals surface area contributed by atoms with E-state index < -0.39 is 12.0 Å². The number of hydrogen-bond acceptors (Lipinski definition) is 3. The van der Waals surface area contributed by atoms with Crippen molar-refractivity contribution in [2.45, 2.75) is 52.6 Å². The Kier molecular flexibility index (Phi) is 6.09. The van der Waals surface area contributed by atoms with Crippen molar-refractivity contribution in [1.82, 2.24) is 10.2 Å². The van der Waals surface area contributed by atoms with Crippen LogP contribution in [-0.4, -0.2) is 47.7 Å². The number of likely N-dealkylation sites (tertiary alicyclic amines) is 1. The first kappa shape index (κ1) is 15.4. The van der Waals surface area contributed by atoms with E-state index in [-0.39, 0.29) is 5.92 Å². The van der Waals surface area contributed by atoms with Crippen LogP contribution < -0.4 is 5.32 Å². The van der Waals surface area contributed by atoms with E-state index in [9.17, 15) is 9.90 Å². The summed E-state index contributed by atoms with van der Waals surface area (Å²) < 4.78 is 0. The third-order valence-corrected chi connectivity index (χ3v) is 3.56. The van der Waals surface area contributed by atoms with Crippen LogP contribution in [0.3, 0.4) is 0 Å². The molecule has 0 bridgehead atoms. The van der Waals surface area contributed by atoms with Crippen LogP contribution >= 0.6 is 0 Å². The number of nitrogens with one attached hydrogen (secondary N) is 1. The van der Waals surface area contributed by atoms with Crippen LogP contribution in [0.4, 0.5) is 0 Å². The minimum absolute atomic E-state index is 0.135. The standard InChI is InChI=1S/C14H28N2O2/c1-10(2)9-16-7-5-12(6-8-16)15-13(11(3)4)14(17)18/h10-13,15H,5-9H2,1-4H3,(H,17,18). The minimum Gasteiger partial charge on any atom is -0.480 e. The zero-order valence-corrected chi connectivity index (χ0v) is 12.1. The van der Waals surface area contributed by atoms with Crippen molar-refractivity contribution in [3.63, 3.8) is 0 Å². The van der Waals surface area contributed by atoms with Crippen molar-refractivity contribution in [2.75, 3.05) is 19.6 Å². The molecule has 4 heteroatoms. The van der Waals surface area contributed by atoms with E-state index in [1.807, 2.05) is 13.8 Å². The minimum atomic E-state index is -0.727. The predicted molar refractivity (Wildman–Crippen MR) is 73.7 cm³/mol. The van der Waals surface area contributed by atoms with Gasteiger partial charge in [0.15, 0.2) is 0 Å². The van der Waals surface area contributed by atoms with Gasteiger partial charge in [-0.15, -0.1) is 0 Å². The monoisotopic (exact) mass is 256 g/mol. The summed E-state index contributed by atoms with van der Waals surface area (Å²) in [4.78, 5) is 13.6. The summed E-state index contributed by atoms with van der Waals surface area (Å²) in [6.45, 7) is 11.7. The van der Waals surface area contributed by atoms with E-state index in [0.29, 0.717) is 12.0 Å². The predicted octanol–water partition coefficient (Wildman–Crippen LogP) is 1.81. The highest BCUT2D eigenvalue weighted by molar-refractivity contribution is 5.73. The van der Waals surface area contributed by atoms with Gasteiger partial charge < -0.3 is 15.3 Å². The van der Waals surface area contributed by atoms with E-state index in [2.05, 4.69) is 24.1 Å². The van der Waals surface area contributed by atoms with Crippen LogP contribution in [0, 0.1) is 11.8 Å². The number of carboxylic acid groups (broad SMARTS) is 1. The Morgan fingerprint density at radius 3 is 2.22 bits per heavy atom. The van der Waals surface area contributed by atoms with E-state index in [1.54, 1.807) is 0 Å². The summed E-state index contributed by atoms with van der Waals surface area (Å²) in [6.07, 6.45) is 2.12. The normalized spacial score (nSPS) is 20.6. The van der Waals surface area contributed by atoms with Gasteiger partial charge in [-0.2, -0.15) is 0 Å². The molecule has 1 unspecified atom stereocenters. The summed E-state index contributed by atoms with van der Waals surface area (Å²) >= 11 is 0. The molecule has 0 aromatic rings. The molecule has 1 aliphatic heterocycles. The van der Waals surface area contributed by atoms with Crippen LogP contribution in [-0.2, 0) is 4.79 Å². The van der Waals surface area contributed by atoms with Gasteiger partial charge in [-0.05, 0) is 37.8 Å². The fourth-order valence-corrected chi connectivity index (χ4v) is 2.60. The van der Waals surface area contributed by atoms with Gasteiger partial charge in [-0.1, -0.05) is 27.7 Å². The lowest BCUT2D eigenvalue weighted by Crippen LogP contribution is -2.51.